The van der Waals surface area contributed by atoms with E-state index < -0.39 is 15.1 Å². The summed E-state index contributed by atoms with van der Waals surface area (Å²) in [5.41, 5.74) is 5.28. The summed E-state index contributed by atoms with van der Waals surface area (Å²) in [6, 6.07) is 1.00. The first-order valence-electron chi connectivity index (χ1n) is 2.65. The molecule has 0 atom stereocenters. The molecule has 1 aromatic rings. The van der Waals surface area contributed by atoms with Crippen LogP contribution in [0, 0.1) is 0 Å². The standard InChI is InChI=1S/C5H5FN2O2S/c6-11(9,10)5-1-4(7)2-8-3-5/h1-3H,7H2. The largest absolute Gasteiger partial charge is 0.397 e. The van der Waals surface area contributed by atoms with E-state index in [4.69, 9.17) is 5.73 Å². The molecule has 0 bridgehead atoms. The minimum absolute atomic E-state index is 0.115. The van der Waals surface area contributed by atoms with Gasteiger partial charge < -0.3 is 5.73 Å². The van der Waals surface area contributed by atoms with E-state index >= 15 is 0 Å². The number of rotatable bonds is 1. The highest BCUT2D eigenvalue weighted by molar-refractivity contribution is 7.86. The van der Waals surface area contributed by atoms with Crippen molar-refractivity contribution >= 4 is 15.9 Å². The van der Waals surface area contributed by atoms with Gasteiger partial charge in [0.05, 0.1) is 5.69 Å². The second-order valence-electron chi connectivity index (χ2n) is 1.89. The molecule has 11 heavy (non-hydrogen) atoms. The Kier molecular flexibility index (Phi) is 1.77. The lowest BCUT2D eigenvalue weighted by molar-refractivity contribution is 0.551. The van der Waals surface area contributed by atoms with Crippen molar-refractivity contribution in [1.29, 1.82) is 0 Å². The Bertz CT molecular complexity index is 363. The Morgan fingerprint density at radius 3 is 2.45 bits per heavy atom. The molecule has 0 saturated carbocycles. The lowest BCUT2D eigenvalue weighted by Crippen LogP contribution is -1.95. The number of pyridine rings is 1. The van der Waals surface area contributed by atoms with Crippen LogP contribution in [0.1, 0.15) is 0 Å². The highest BCUT2D eigenvalue weighted by Gasteiger charge is 2.11. The Balaban J connectivity index is 3.28. The third-order valence-electron chi connectivity index (χ3n) is 1.02. The van der Waals surface area contributed by atoms with Crippen molar-refractivity contribution in [1.82, 2.24) is 4.98 Å². The summed E-state index contributed by atoms with van der Waals surface area (Å²) in [4.78, 5) is 2.89. The molecule has 0 aliphatic rings. The molecule has 0 saturated heterocycles. The predicted molar refractivity (Wildman–Crippen MR) is 36.9 cm³/mol. The van der Waals surface area contributed by atoms with Gasteiger partial charge in [0.25, 0.3) is 0 Å². The molecule has 1 aromatic heterocycles. The second kappa shape index (κ2) is 2.46. The SMILES string of the molecule is Nc1cncc(S(=O)(=O)F)c1. The van der Waals surface area contributed by atoms with Crippen LogP contribution in [0.5, 0.6) is 0 Å². The maximum Gasteiger partial charge on any atom is 0.333 e. The molecular formula is C5H5FN2O2S. The molecule has 1 heterocycles. The molecule has 4 nitrogen and oxygen atoms in total. The van der Waals surface area contributed by atoms with Gasteiger partial charge in [0, 0.05) is 12.4 Å². The highest BCUT2D eigenvalue weighted by atomic mass is 32.3. The highest BCUT2D eigenvalue weighted by Crippen LogP contribution is 2.12. The summed E-state index contributed by atoms with van der Waals surface area (Å²) in [6.07, 6.45) is 2.13. The van der Waals surface area contributed by atoms with Gasteiger partial charge in [-0.3, -0.25) is 4.98 Å². The third kappa shape index (κ3) is 1.87. The van der Waals surface area contributed by atoms with Crippen molar-refractivity contribution < 1.29 is 12.3 Å². The summed E-state index contributed by atoms with van der Waals surface area (Å²) in [5, 5.41) is 0. The molecule has 0 amide bonds. The average molecular weight is 176 g/mol. The van der Waals surface area contributed by atoms with Crippen LogP contribution in [0.2, 0.25) is 0 Å². The van der Waals surface area contributed by atoms with Crippen LogP contribution >= 0.6 is 0 Å². The number of nitrogens with two attached hydrogens (primary N) is 1. The van der Waals surface area contributed by atoms with E-state index in [0.717, 1.165) is 12.3 Å². The van der Waals surface area contributed by atoms with Gasteiger partial charge in [0.2, 0.25) is 0 Å². The predicted octanol–water partition coefficient (Wildman–Crippen LogP) is 0.322. The molecular weight excluding hydrogens is 171 g/mol. The van der Waals surface area contributed by atoms with Crippen LogP contribution in [-0.2, 0) is 10.2 Å². The second-order valence-corrected chi connectivity index (χ2v) is 3.24. The number of hydrogen-bond acceptors (Lipinski definition) is 4. The van der Waals surface area contributed by atoms with Gasteiger partial charge in [0.1, 0.15) is 4.90 Å². The van der Waals surface area contributed by atoms with E-state index in [1.807, 2.05) is 0 Å². The zero-order valence-corrected chi connectivity index (χ0v) is 6.18. The van der Waals surface area contributed by atoms with E-state index in [-0.39, 0.29) is 5.69 Å². The molecule has 1 rings (SSSR count). The first kappa shape index (κ1) is 7.93. The maximum atomic E-state index is 12.2. The topological polar surface area (TPSA) is 73.0 Å². The summed E-state index contributed by atoms with van der Waals surface area (Å²) in [6.45, 7) is 0. The van der Waals surface area contributed by atoms with Gasteiger partial charge >= 0.3 is 10.2 Å². The van der Waals surface area contributed by atoms with E-state index in [2.05, 4.69) is 4.98 Å². The minimum Gasteiger partial charge on any atom is -0.397 e. The average Bonchev–Trinajstić information content (AvgIpc) is 1.86. The van der Waals surface area contributed by atoms with Crippen molar-refractivity contribution in [2.75, 3.05) is 5.73 Å². The summed E-state index contributed by atoms with van der Waals surface area (Å²) < 4.78 is 32.6. The van der Waals surface area contributed by atoms with Crippen LogP contribution in [0.25, 0.3) is 0 Å². The number of nitrogens with zero attached hydrogens (tertiary/aromatic N) is 1. The van der Waals surface area contributed by atoms with Gasteiger partial charge in [-0.05, 0) is 6.07 Å². The zero-order chi connectivity index (χ0) is 8.48. The van der Waals surface area contributed by atoms with Crippen molar-refractivity contribution in [3.05, 3.63) is 18.5 Å². The fourth-order valence-corrected chi connectivity index (χ4v) is 1.03. The van der Waals surface area contributed by atoms with Crippen LogP contribution in [0.15, 0.2) is 23.4 Å². The quantitative estimate of drug-likeness (QED) is 0.625. The molecule has 0 fully saturated rings. The Labute approximate surface area is 63.1 Å². The number of aromatic nitrogens is 1. The van der Waals surface area contributed by atoms with Crippen molar-refractivity contribution in [2.24, 2.45) is 0 Å². The summed E-state index contributed by atoms with van der Waals surface area (Å²) in [5.74, 6) is 0. The molecule has 0 aliphatic heterocycles. The fourth-order valence-electron chi connectivity index (χ4n) is 0.569. The molecule has 0 radical (unpaired) electrons. The number of nitrogen functional groups attached to an aromatic ring is 1. The van der Waals surface area contributed by atoms with Crippen LogP contribution in [0.4, 0.5) is 9.57 Å². The van der Waals surface area contributed by atoms with E-state index in [1.165, 1.54) is 6.20 Å². The van der Waals surface area contributed by atoms with E-state index in [0.29, 0.717) is 0 Å². The number of hydrogen-bond donors (Lipinski definition) is 1. The smallest absolute Gasteiger partial charge is 0.333 e. The monoisotopic (exact) mass is 176 g/mol. The Hall–Kier alpha value is -1.17. The van der Waals surface area contributed by atoms with Crippen molar-refractivity contribution in [3.63, 3.8) is 0 Å². The van der Waals surface area contributed by atoms with Crippen LogP contribution < -0.4 is 5.73 Å². The third-order valence-corrected chi connectivity index (χ3v) is 1.80. The van der Waals surface area contributed by atoms with Crippen molar-refractivity contribution in [3.8, 4) is 0 Å². The van der Waals surface area contributed by atoms with Crippen LogP contribution in [-0.4, -0.2) is 13.4 Å². The fraction of sp³-hybridized carbons (Fsp3) is 0. The molecule has 0 unspecified atom stereocenters. The normalized spacial score (nSPS) is 11.4. The Morgan fingerprint density at radius 2 is 2.09 bits per heavy atom. The molecule has 0 spiro atoms. The Morgan fingerprint density at radius 1 is 1.45 bits per heavy atom. The molecule has 60 valence electrons. The zero-order valence-electron chi connectivity index (χ0n) is 5.36. The lowest BCUT2D eigenvalue weighted by atomic mass is 10.4. The maximum absolute atomic E-state index is 12.2. The lowest BCUT2D eigenvalue weighted by Gasteiger charge is -1.93. The number of anilines is 1. The molecule has 0 aliphatic carbocycles. The van der Waals surface area contributed by atoms with Gasteiger partial charge in [-0.25, -0.2) is 0 Å². The van der Waals surface area contributed by atoms with E-state index in [9.17, 15) is 12.3 Å². The van der Waals surface area contributed by atoms with Gasteiger partial charge in [-0.1, -0.05) is 0 Å². The summed E-state index contributed by atoms with van der Waals surface area (Å²) >= 11 is 0. The molecule has 0 aromatic carbocycles. The number of halogens is 1. The molecule has 6 heteroatoms. The van der Waals surface area contributed by atoms with Gasteiger partial charge in [0.15, 0.2) is 0 Å². The molecule has 2 N–H and O–H groups in total. The van der Waals surface area contributed by atoms with Crippen molar-refractivity contribution in [2.45, 2.75) is 4.90 Å². The van der Waals surface area contributed by atoms with Gasteiger partial charge in [-0.2, -0.15) is 8.42 Å². The van der Waals surface area contributed by atoms with E-state index in [1.54, 1.807) is 0 Å². The first-order valence-corrected chi connectivity index (χ1v) is 4.04. The summed E-state index contributed by atoms with van der Waals surface area (Å²) in [7, 11) is -4.67. The minimum atomic E-state index is -4.67. The van der Waals surface area contributed by atoms with Gasteiger partial charge in [-0.15, -0.1) is 3.89 Å². The van der Waals surface area contributed by atoms with Crippen LogP contribution in [0.3, 0.4) is 0 Å². The first-order chi connectivity index (χ1) is 5.00.